The molecule has 1 aromatic rings. The summed E-state index contributed by atoms with van der Waals surface area (Å²) in [6, 6.07) is 4.06. The molecule has 1 nitrogen and oxygen atoms in total. The summed E-state index contributed by atoms with van der Waals surface area (Å²) in [5, 5.41) is 2.03. The Morgan fingerprint density at radius 2 is 2.38 bits per heavy atom. The predicted octanol–water partition coefficient (Wildman–Crippen LogP) is 2.84. The highest BCUT2D eigenvalue weighted by Crippen LogP contribution is 2.22. The number of thioether (sulfide) groups is 1. The van der Waals surface area contributed by atoms with Crippen LogP contribution in [0, 0.1) is 0 Å². The van der Waals surface area contributed by atoms with Crippen LogP contribution in [0.25, 0.3) is 6.08 Å². The zero-order valence-electron chi connectivity index (χ0n) is 7.16. The van der Waals surface area contributed by atoms with Gasteiger partial charge in [0.05, 0.1) is 0 Å². The summed E-state index contributed by atoms with van der Waals surface area (Å²) in [6.45, 7) is 0. The zero-order valence-corrected chi connectivity index (χ0v) is 8.79. The smallest absolute Gasteiger partial charge is 0.160 e. The fourth-order valence-electron chi connectivity index (χ4n) is 1.26. The van der Waals surface area contributed by atoms with Gasteiger partial charge in [-0.25, -0.2) is 0 Å². The first-order valence-corrected chi connectivity index (χ1v) is 6.25. The molecule has 2 heterocycles. The number of hydrogen-bond donors (Lipinski definition) is 0. The van der Waals surface area contributed by atoms with Gasteiger partial charge in [-0.15, -0.1) is 11.3 Å². The zero-order chi connectivity index (χ0) is 9.10. The molecular formula is C10H10OS2. The third kappa shape index (κ3) is 2.23. The van der Waals surface area contributed by atoms with Gasteiger partial charge in [-0.1, -0.05) is 6.07 Å². The first-order chi connectivity index (χ1) is 6.36. The number of hydrogen-bond acceptors (Lipinski definition) is 3. The molecule has 0 unspecified atom stereocenters. The van der Waals surface area contributed by atoms with Crippen molar-refractivity contribution in [1.29, 1.82) is 0 Å². The summed E-state index contributed by atoms with van der Waals surface area (Å²) in [6.07, 6.45) is 2.74. The molecule has 0 saturated carbocycles. The molecule has 0 N–H and O–H groups in total. The maximum atomic E-state index is 11.4. The van der Waals surface area contributed by atoms with Crippen LogP contribution in [0.3, 0.4) is 0 Å². The highest BCUT2D eigenvalue weighted by Gasteiger charge is 2.14. The minimum absolute atomic E-state index is 0.326. The van der Waals surface area contributed by atoms with Crippen molar-refractivity contribution in [3.63, 3.8) is 0 Å². The van der Waals surface area contributed by atoms with E-state index in [0.717, 1.165) is 17.1 Å². The Hall–Kier alpha value is -0.540. The average molecular weight is 210 g/mol. The summed E-state index contributed by atoms with van der Waals surface area (Å²) in [5.41, 5.74) is 0.985. The van der Waals surface area contributed by atoms with Crippen LogP contribution in [0.4, 0.5) is 0 Å². The molecule has 1 aliphatic rings. The lowest BCUT2D eigenvalue weighted by Crippen LogP contribution is -2.11. The van der Waals surface area contributed by atoms with Gasteiger partial charge in [-0.3, -0.25) is 4.79 Å². The third-order valence-electron chi connectivity index (χ3n) is 1.95. The lowest BCUT2D eigenvalue weighted by Gasteiger charge is -2.11. The predicted molar refractivity (Wildman–Crippen MR) is 59.2 cm³/mol. The minimum Gasteiger partial charge on any atom is -0.294 e. The number of carbonyl (C=O) groups excluding carboxylic acids is 1. The summed E-state index contributed by atoms with van der Waals surface area (Å²) < 4.78 is 0. The number of carbonyl (C=O) groups is 1. The van der Waals surface area contributed by atoms with E-state index in [1.165, 1.54) is 4.88 Å². The number of ketones is 1. The summed E-state index contributed by atoms with van der Waals surface area (Å²) in [7, 11) is 0. The molecule has 13 heavy (non-hydrogen) atoms. The molecular weight excluding hydrogens is 200 g/mol. The Labute approximate surface area is 85.9 Å². The van der Waals surface area contributed by atoms with Gasteiger partial charge in [-0.2, -0.15) is 11.8 Å². The van der Waals surface area contributed by atoms with Gasteiger partial charge in [0, 0.05) is 28.4 Å². The second kappa shape index (κ2) is 4.11. The van der Waals surface area contributed by atoms with Crippen molar-refractivity contribution in [1.82, 2.24) is 0 Å². The molecule has 3 heteroatoms. The summed E-state index contributed by atoms with van der Waals surface area (Å²) in [4.78, 5) is 12.6. The molecule has 0 aromatic carbocycles. The van der Waals surface area contributed by atoms with E-state index in [-0.39, 0.29) is 0 Å². The van der Waals surface area contributed by atoms with E-state index in [9.17, 15) is 4.79 Å². The molecule has 1 aliphatic heterocycles. The van der Waals surface area contributed by atoms with Crippen molar-refractivity contribution >= 4 is 35.0 Å². The van der Waals surface area contributed by atoms with Gasteiger partial charge in [0.15, 0.2) is 5.78 Å². The second-order valence-corrected chi connectivity index (χ2v) is 5.00. The van der Waals surface area contributed by atoms with Crippen molar-refractivity contribution in [2.24, 2.45) is 0 Å². The topological polar surface area (TPSA) is 17.1 Å². The largest absolute Gasteiger partial charge is 0.294 e. The normalized spacial score (nSPS) is 20.9. The third-order valence-corrected chi connectivity index (χ3v) is 3.78. The van der Waals surface area contributed by atoms with Crippen LogP contribution >= 0.6 is 23.1 Å². The van der Waals surface area contributed by atoms with Crippen molar-refractivity contribution in [2.45, 2.75) is 6.42 Å². The Bertz CT molecular complexity index is 325. The molecule has 0 amide bonds. The minimum atomic E-state index is 0.326. The lowest BCUT2D eigenvalue weighted by molar-refractivity contribution is -0.115. The first kappa shape index (κ1) is 9.03. The molecule has 0 aliphatic carbocycles. The molecule has 0 atom stereocenters. The van der Waals surface area contributed by atoms with Crippen molar-refractivity contribution < 1.29 is 4.79 Å². The first-order valence-electron chi connectivity index (χ1n) is 4.21. The summed E-state index contributed by atoms with van der Waals surface area (Å²) >= 11 is 3.52. The van der Waals surface area contributed by atoms with Gasteiger partial charge in [-0.05, 0) is 17.5 Å². The second-order valence-electron chi connectivity index (χ2n) is 2.91. The van der Waals surface area contributed by atoms with E-state index in [1.807, 2.05) is 35.4 Å². The van der Waals surface area contributed by atoms with E-state index in [0.29, 0.717) is 12.2 Å². The van der Waals surface area contributed by atoms with Crippen molar-refractivity contribution in [3.05, 3.63) is 28.0 Å². The van der Waals surface area contributed by atoms with Gasteiger partial charge in [0.1, 0.15) is 0 Å². The fourth-order valence-corrected chi connectivity index (χ4v) is 2.88. The maximum absolute atomic E-state index is 11.4. The van der Waals surface area contributed by atoms with E-state index < -0.39 is 0 Å². The Morgan fingerprint density at radius 3 is 3.08 bits per heavy atom. The van der Waals surface area contributed by atoms with Crippen LogP contribution in [0.2, 0.25) is 0 Å². The number of Topliss-reactive ketones (excluding diaryl/α,β-unsaturated/α-hetero) is 1. The standard InChI is InChI=1S/C10H10OS2/c11-10-3-5-12-7-8(10)6-9-2-1-4-13-9/h1-2,4,6H,3,5,7H2/b8-6+. The maximum Gasteiger partial charge on any atom is 0.160 e. The Balaban J connectivity index is 2.19. The molecule has 0 bridgehead atoms. The van der Waals surface area contributed by atoms with Gasteiger partial charge in [0.25, 0.3) is 0 Å². The van der Waals surface area contributed by atoms with Crippen LogP contribution in [0.15, 0.2) is 23.1 Å². The van der Waals surface area contributed by atoms with Crippen LogP contribution in [-0.2, 0) is 4.79 Å². The van der Waals surface area contributed by atoms with Crippen LogP contribution in [0.1, 0.15) is 11.3 Å². The Kier molecular flexibility index (Phi) is 2.86. The molecule has 0 spiro atoms. The van der Waals surface area contributed by atoms with Crippen molar-refractivity contribution in [3.8, 4) is 0 Å². The average Bonchev–Trinajstić information content (AvgIpc) is 2.61. The van der Waals surface area contributed by atoms with Crippen LogP contribution < -0.4 is 0 Å². The van der Waals surface area contributed by atoms with Crippen LogP contribution in [0.5, 0.6) is 0 Å². The monoisotopic (exact) mass is 210 g/mol. The fraction of sp³-hybridized carbons (Fsp3) is 0.300. The van der Waals surface area contributed by atoms with E-state index >= 15 is 0 Å². The summed E-state index contributed by atoms with van der Waals surface area (Å²) in [5.74, 6) is 2.20. The Morgan fingerprint density at radius 1 is 1.46 bits per heavy atom. The molecule has 2 rings (SSSR count). The quantitative estimate of drug-likeness (QED) is 0.663. The number of rotatable bonds is 1. The molecule has 1 aromatic heterocycles. The molecule has 0 radical (unpaired) electrons. The number of thiophene rings is 1. The molecule has 68 valence electrons. The highest BCUT2D eigenvalue weighted by atomic mass is 32.2. The van der Waals surface area contributed by atoms with E-state index in [2.05, 4.69) is 0 Å². The lowest BCUT2D eigenvalue weighted by atomic mass is 10.1. The molecule has 1 saturated heterocycles. The highest BCUT2D eigenvalue weighted by molar-refractivity contribution is 7.99. The van der Waals surface area contributed by atoms with Gasteiger partial charge >= 0.3 is 0 Å². The van der Waals surface area contributed by atoms with E-state index in [4.69, 9.17) is 0 Å². The van der Waals surface area contributed by atoms with Crippen molar-refractivity contribution in [2.75, 3.05) is 11.5 Å². The molecule has 1 fully saturated rings. The van der Waals surface area contributed by atoms with E-state index in [1.54, 1.807) is 11.3 Å². The SMILES string of the molecule is O=C1CCSC/C1=C\c1cccs1. The van der Waals surface area contributed by atoms with Gasteiger partial charge < -0.3 is 0 Å². The van der Waals surface area contributed by atoms with Crippen LogP contribution in [-0.4, -0.2) is 17.3 Å². The van der Waals surface area contributed by atoms with Gasteiger partial charge in [0.2, 0.25) is 0 Å².